The lowest BCUT2D eigenvalue weighted by Crippen LogP contribution is -2.28. The fourth-order valence-electron chi connectivity index (χ4n) is 3.78. The molecule has 0 saturated heterocycles. The Morgan fingerprint density at radius 1 is 1.06 bits per heavy atom. The lowest BCUT2D eigenvalue weighted by molar-refractivity contribution is -0.121. The zero-order valence-electron chi connectivity index (χ0n) is 17.3. The van der Waals surface area contributed by atoms with Gasteiger partial charge < -0.3 is 19.4 Å². The molecule has 32 heavy (non-hydrogen) atoms. The van der Waals surface area contributed by atoms with Gasteiger partial charge in [-0.2, -0.15) is 13.2 Å². The maximum Gasteiger partial charge on any atom is 0.454 e. The minimum Gasteiger partial charge on any atom is -0.490 e. The Morgan fingerprint density at radius 3 is 2.53 bits per heavy atom. The van der Waals surface area contributed by atoms with Crippen LogP contribution in [0.5, 0.6) is 11.5 Å². The molecule has 1 N–H and O–H groups in total. The predicted molar refractivity (Wildman–Crippen MR) is 111 cm³/mol. The molecule has 4 rings (SSSR count). The van der Waals surface area contributed by atoms with Crippen LogP contribution in [0.25, 0.3) is 10.9 Å². The Balaban J connectivity index is 1.53. The van der Waals surface area contributed by atoms with Crippen molar-refractivity contribution in [1.29, 1.82) is 0 Å². The molecule has 0 radical (unpaired) electrons. The Kier molecular flexibility index (Phi) is 5.82. The summed E-state index contributed by atoms with van der Waals surface area (Å²) in [5, 5.41) is 2.94. The molecule has 0 unspecified atom stereocenters. The number of rotatable bonds is 5. The summed E-state index contributed by atoms with van der Waals surface area (Å²) in [5.74, 6) is -1.06. The number of nitrogens with one attached hydrogen (secondary N) is 1. The summed E-state index contributed by atoms with van der Waals surface area (Å²) in [6, 6.07) is 11.6. The third-order valence-electron chi connectivity index (χ3n) is 5.32. The summed E-state index contributed by atoms with van der Waals surface area (Å²) in [4.78, 5) is 24.6. The van der Waals surface area contributed by atoms with Gasteiger partial charge in [0.2, 0.25) is 5.91 Å². The minimum absolute atomic E-state index is 0.0965. The molecule has 2 heterocycles. The number of carbonyl (C=O) groups is 2. The zero-order valence-corrected chi connectivity index (χ0v) is 17.3. The van der Waals surface area contributed by atoms with E-state index in [1.54, 1.807) is 30.3 Å². The highest BCUT2D eigenvalue weighted by Gasteiger charge is 2.42. The lowest BCUT2D eigenvalue weighted by Gasteiger charge is -2.12. The number of halogens is 3. The summed E-state index contributed by atoms with van der Waals surface area (Å²) in [6.45, 7) is 2.52. The van der Waals surface area contributed by atoms with E-state index in [0.717, 1.165) is 12.0 Å². The van der Waals surface area contributed by atoms with Crippen molar-refractivity contribution in [1.82, 2.24) is 9.88 Å². The molecule has 0 spiro atoms. The van der Waals surface area contributed by atoms with Gasteiger partial charge in [0.05, 0.1) is 18.8 Å². The third-order valence-corrected chi connectivity index (χ3v) is 5.32. The number of amides is 1. The normalized spacial score (nSPS) is 13.6. The van der Waals surface area contributed by atoms with Crippen molar-refractivity contribution in [2.75, 3.05) is 13.2 Å². The van der Waals surface area contributed by atoms with E-state index in [-0.39, 0.29) is 24.2 Å². The SMILES string of the molecule is Cc1c(C(=O)C(F)(F)F)c2ccccc2n1CC(=O)NCc1ccc2c(c1)OCCCO2. The second-order valence-electron chi connectivity index (χ2n) is 7.50. The van der Waals surface area contributed by atoms with Gasteiger partial charge in [-0.3, -0.25) is 9.59 Å². The first-order valence-corrected chi connectivity index (χ1v) is 10.1. The fourth-order valence-corrected chi connectivity index (χ4v) is 3.78. The van der Waals surface area contributed by atoms with Crippen LogP contribution in [0.4, 0.5) is 13.2 Å². The second-order valence-corrected chi connectivity index (χ2v) is 7.50. The monoisotopic (exact) mass is 446 g/mol. The highest BCUT2D eigenvalue weighted by molar-refractivity contribution is 6.12. The third kappa shape index (κ3) is 4.28. The first-order valence-electron chi connectivity index (χ1n) is 10.1. The molecule has 2 aromatic carbocycles. The van der Waals surface area contributed by atoms with Crippen LogP contribution < -0.4 is 14.8 Å². The first-order chi connectivity index (χ1) is 15.3. The molecule has 1 aromatic heterocycles. The molecule has 1 amide bonds. The average molecular weight is 446 g/mol. The van der Waals surface area contributed by atoms with Crippen LogP contribution >= 0.6 is 0 Å². The number of aromatic nitrogens is 1. The van der Waals surface area contributed by atoms with Gasteiger partial charge >= 0.3 is 6.18 Å². The number of hydrogen-bond donors (Lipinski definition) is 1. The van der Waals surface area contributed by atoms with E-state index in [4.69, 9.17) is 9.47 Å². The van der Waals surface area contributed by atoms with Crippen molar-refractivity contribution in [2.24, 2.45) is 0 Å². The highest BCUT2D eigenvalue weighted by Crippen LogP contribution is 2.32. The highest BCUT2D eigenvalue weighted by atomic mass is 19.4. The summed E-state index contributed by atoms with van der Waals surface area (Å²) in [6.07, 6.45) is -4.22. The number of hydrogen-bond acceptors (Lipinski definition) is 4. The topological polar surface area (TPSA) is 69.6 Å². The summed E-state index contributed by atoms with van der Waals surface area (Å²) < 4.78 is 52.0. The number of para-hydroxylation sites is 1. The van der Waals surface area contributed by atoms with Crippen molar-refractivity contribution in [2.45, 2.75) is 32.6 Å². The number of carbonyl (C=O) groups excluding carboxylic acids is 2. The molecule has 0 fully saturated rings. The molecular weight excluding hydrogens is 425 g/mol. The van der Waals surface area contributed by atoms with Crippen molar-refractivity contribution in [3.8, 4) is 11.5 Å². The molecule has 168 valence electrons. The second kappa shape index (κ2) is 8.57. The number of ketones is 1. The summed E-state index contributed by atoms with van der Waals surface area (Å²) in [5.41, 5.74) is 0.857. The van der Waals surface area contributed by atoms with E-state index in [0.29, 0.717) is 30.2 Å². The van der Waals surface area contributed by atoms with E-state index in [1.165, 1.54) is 17.6 Å². The number of Topliss-reactive ketones (excluding diaryl/α,β-unsaturated/α-hetero) is 1. The first kappa shape index (κ1) is 21.7. The number of benzene rings is 2. The molecule has 3 aromatic rings. The average Bonchev–Trinajstić information content (AvgIpc) is 2.90. The molecule has 9 heteroatoms. The number of ether oxygens (including phenoxy) is 2. The van der Waals surface area contributed by atoms with Crippen LogP contribution in [0.15, 0.2) is 42.5 Å². The van der Waals surface area contributed by atoms with E-state index in [2.05, 4.69) is 5.32 Å². The standard InChI is InChI=1S/C23H21F3N2O4/c1-14-21(22(30)23(24,25)26)16-5-2-3-6-17(16)28(14)13-20(29)27-12-15-7-8-18-19(11-15)32-10-4-9-31-18/h2-3,5-8,11H,4,9-10,12-13H2,1H3,(H,27,29). The largest absolute Gasteiger partial charge is 0.490 e. The zero-order chi connectivity index (χ0) is 22.9. The van der Waals surface area contributed by atoms with Gasteiger partial charge in [0.1, 0.15) is 6.54 Å². The number of fused-ring (bicyclic) bond motifs is 2. The Bertz CT molecular complexity index is 1180. The van der Waals surface area contributed by atoms with Gasteiger partial charge in [-0.1, -0.05) is 24.3 Å². The molecule has 0 atom stereocenters. The minimum atomic E-state index is -5.00. The van der Waals surface area contributed by atoms with E-state index >= 15 is 0 Å². The van der Waals surface area contributed by atoms with Crippen LogP contribution in [-0.2, 0) is 17.9 Å². The van der Waals surface area contributed by atoms with Crippen LogP contribution in [0.3, 0.4) is 0 Å². The maximum atomic E-state index is 13.1. The Morgan fingerprint density at radius 2 is 1.78 bits per heavy atom. The molecular formula is C23H21F3N2O4. The van der Waals surface area contributed by atoms with Gasteiger partial charge in [0.15, 0.2) is 11.5 Å². The van der Waals surface area contributed by atoms with Crippen LogP contribution in [-0.4, -0.2) is 35.6 Å². The van der Waals surface area contributed by atoms with Crippen LogP contribution in [0.2, 0.25) is 0 Å². The molecule has 1 aliphatic heterocycles. The van der Waals surface area contributed by atoms with Gasteiger partial charge in [0.25, 0.3) is 5.78 Å². The van der Waals surface area contributed by atoms with E-state index < -0.39 is 23.4 Å². The predicted octanol–water partition coefficient (Wildman–Crippen LogP) is 4.17. The molecule has 1 aliphatic rings. The molecule has 6 nitrogen and oxygen atoms in total. The van der Waals surface area contributed by atoms with Gasteiger partial charge in [0, 0.05) is 29.6 Å². The van der Waals surface area contributed by atoms with Crippen molar-refractivity contribution >= 4 is 22.6 Å². The summed E-state index contributed by atoms with van der Waals surface area (Å²) in [7, 11) is 0. The Labute approximate surface area is 181 Å². The number of alkyl halides is 3. The summed E-state index contributed by atoms with van der Waals surface area (Å²) >= 11 is 0. The van der Waals surface area contributed by atoms with Crippen LogP contribution in [0.1, 0.15) is 28.0 Å². The molecule has 0 aliphatic carbocycles. The molecule has 0 saturated carbocycles. The molecule has 0 bridgehead atoms. The van der Waals surface area contributed by atoms with Crippen molar-refractivity contribution in [3.05, 3.63) is 59.3 Å². The van der Waals surface area contributed by atoms with Gasteiger partial charge in [-0.05, 0) is 30.7 Å². The lowest BCUT2D eigenvalue weighted by atomic mass is 10.1. The van der Waals surface area contributed by atoms with E-state index in [9.17, 15) is 22.8 Å². The maximum absolute atomic E-state index is 13.1. The quantitative estimate of drug-likeness (QED) is 0.598. The van der Waals surface area contributed by atoms with Crippen molar-refractivity contribution < 1.29 is 32.2 Å². The number of nitrogens with zero attached hydrogens (tertiary/aromatic N) is 1. The fraction of sp³-hybridized carbons (Fsp3) is 0.304. The van der Waals surface area contributed by atoms with E-state index in [1.807, 2.05) is 6.07 Å². The van der Waals surface area contributed by atoms with Crippen LogP contribution in [0, 0.1) is 6.92 Å². The van der Waals surface area contributed by atoms with Gasteiger partial charge in [-0.15, -0.1) is 0 Å². The van der Waals surface area contributed by atoms with Crippen molar-refractivity contribution in [3.63, 3.8) is 0 Å². The Hall–Kier alpha value is -3.49. The van der Waals surface area contributed by atoms with Gasteiger partial charge in [-0.25, -0.2) is 0 Å². The smallest absolute Gasteiger partial charge is 0.454 e.